The predicted molar refractivity (Wildman–Crippen MR) is 234 cm³/mol. The van der Waals surface area contributed by atoms with Crippen LogP contribution in [0.15, 0.2) is 0 Å². The Kier molecular flexibility index (Phi) is 22.3. The zero-order chi connectivity index (χ0) is 56.2. The third kappa shape index (κ3) is 13.7. The Labute approximate surface area is 431 Å². The molecule has 34 nitrogen and oxygen atoms in total. The Balaban J connectivity index is 1.29. The van der Waals surface area contributed by atoms with E-state index in [4.69, 9.17) is 52.1 Å². The molecule has 0 spiro atoms. The highest BCUT2D eigenvalue weighted by molar-refractivity contribution is 5.74. The summed E-state index contributed by atoms with van der Waals surface area (Å²) < 4.78 is 63.4. The van der Waals surface area contributed by atoms with Crippen LogP contribution in [0.3, 0.4) is 0 Å². The first kappa shape index (κ1) is 62.5. The van der Waals surface area contributed by atoms with Crippen LogP contribution in [0.5, 0.6) is 0 Å². The zero-order valence-electron chi connectivity index (χ0n) is 40.9. The fourth-order valence-electron chi connectivity index (χ4n) is 9.63. The molecule has 6 aliphatic heterocycles. The first-order valence-corrected chi connectivity index (χ1v) is 24.1. The molecule has 20 N–H and O–H groups in total. The smallest absolute Gasteiger partial charge is 0.217 e. The zero-order valence-corrected chi connectivity index (χ0v) is 40.9. The number of rotatable bonds is 19. The standard InChI is InChI=1S/C42H71N3O31/c1-10(51)43-19-25(57)33(15(6-48)67-37(19)65)75-42-32(64)36(76-39-21(45-12(3)53)27(59)35(17(8-50)71-39)74-41-31(63)29(61)23(55)14(5-47)69-41)24(56)18(72-42)9-66-38-20(44-11(2)52)26(58)34(16(7-49)70-38)73-40-30(62)28(60)22(54)13(4-46)68-40/h13-42,46-50,54-65H,4-9H2,1-3H3,(H,43,51)(H,44,52)(H,45,53)/t13-,14-,15-,16-,17-,18-,19-,20-,21-,22+,23+,24+,25-,26-,27-,28+,29+,30-,31-,32-,33-,34-,35-,36+,37-,38-,39+,40+,41+,42+/m1/s1. The van der Waals surface area contributed by atoms with Gasteiger partial charge in [-0.25, -0.2) is 0 Å². The van der Waals surface area contributed by atoms with Crippen LogP contribution in [0.2, 0.25) is 0 Å². The quantitative estimate of drug-likeness (QED) is 0.0571. The minimum atomic E-state index is -2.27. The lowest BCUT2D eigenvalue weighted by molar-refractivity contribution is -0.381. The summed E-state index contributed by atoms with van der Waals surface area (Å²) in [7, 11) is 0. The molecule has 0 aromatic heterocycles. The van der Waals surface area contributed by atoms with Crippen LogP contribution >= 0.6 is 0 Å². The summed E-state index contributed by atoms with van der Waals surface area (Å²) >= 11 is 0. The van der Waals surface area contributed by atoms with Gasteiger partial charge < -0.3 is 155 Å². The van der Waals surface area contributed by atoms with Crippen LogP contribution in [-0.2, 0) is 66.5 Å². The highest BCUT2D eigenvalue weighted by Crippen LogP contribution is 2.36. The van der Waals surface area contributed by atoms with Crippen molar-refractivity contribution in [1.29, 1.82) is 0 Å². The van der Waals surface area contributed by atoms with Crippen LogP contribution < -0.4 is 16.0 Å². The van der Waals surface area contributed by atoms with Gasteiger partial charge in [0.05, 0.1) is 39.6 Å². The van der Waals surface area contributed by atoms with E-state index in [1.807, 2.05) is 0 Å². The van der Waals surface area contributed by atoms with Crippen molar-refractivity contribution in [3.05, 3.63) is 0 Å². The monoisotopic (exact) mass is 1110 g/mol. The van der Waals surface area contributed by atoms with Crippen LogP contribution in [0.1, 0.15) is 20.8 Å². The number of hydrogen-bond acceptors (Lipinski definition) is 31. The average Bonchev–Trinajstić information content (AvgIpc) is 3.37. The molecular formula is C42H71N3O31. The molecule has 0 aliphatic carbocycles. The van der Waals surface area contributed by atoms with E-state index in [9.17, 15) is 101 Å². The molecule has 0 radical (unpaired) electrons. The summed E-state index contributed by atoms with van der Waals surface area (Å²) in [6, 6.07) is -5.11. The van der Waals surface area contributed by atoms with Gasteiger partial charge in [-0.3, -0.25) is 14.4 Å². The lowest BCUT2D eigenvalue weighted by Gasteiger charge is -2.50. The maximum absolute atomic E-state index is 12.6. The molecule has 6 fully saturated rings. The van der Waals surface area contributed by atoms with Crippen molar-refractivity contribution in [2.45, 2.75) is 205 Å². The van der Waals surface area contributed by atoms with E-state index in [0.717, 1.165) is 20.8 Å². The highest BCUT2D eigenvalue weighted by atomic mass is 16.8. The second-order valence-corrected chi connectivity index (χ2v) is 19.0. The summed E-state index contributed by atoms with van der Waals surface area (Å²) in [5, 5.41) is 189. The molecule has 0 aromatic carbocycles. The van der Waals surface area contributed by atoms with E-state index in [2.05, 4.69) is 16.0 Å². The topological polar surface area (TPSA) is 533 Å². The van der Waals surface area contributed by atoms with Gasteiger partial charge in [-0.2, -0.15) is 0 Å². The van der Waals surface area contributed by atoms with Crippen molar-refractivity contribution in [3.63, 3.8) is 0 Å². The van der Waals surface area contributed by atoms with E-state index in [0.29, 0.717) is 0 Å². The van der Waals surface area contributed by atoms with Crippen LogP contribution in [0.25, 0.3) is 0 Å². The van der Waals surface area contributed by atoms with Crippen LogP contribution in [0.4, 0.5) is 0 Å². The van der Waals surface area contributed by atoms with E-state index in [1.54, 1.807) is 0 Å². The summed E-state index contributed by atoms with van der Waals surface area (Å²) in [6.45, 7) is -2.60. The molecular weight excluding hydrogens is 1040 g/mol. The van der Waals surface area contributed by atoms with E-state index >= 15 is 0 Å². The molecule has 6 aliphatic rings. The second kappa shape index (κ2) is 27.2. The third-order valence-corrected chi connectivity index (χ3v) is 13.6. The minimum Gasteiger partial charge on any atom is -0.394 e. The largest absolute Gasteiger partial charge is 0.394 e. The summed E-state index contributed by atoms with van der Waals surface area (Å²) in [5.74, 6) is -2.43. The Morgan fingerprint density at radius 2 is 0.671 bits per heavy atom. The molecule has 6 rings (SSSR count). The minimum absolute atomic E-state index is 0.760. The van der Waals surface area contributed by atoms with E-state index < -0.39 is 241 Å². The molecule has 0 saturated carbocycles. The first-order valence-electron chi connectivity index (χ1n) is 24.1. The van der Waals surface area contributed by atoms with Crippen molar-refractivity contribution in [2.75, 3.05) is 39.6 Å². The van der Waals surface area contributed by atoms with E-state index in [-0.39, 0.29) is 0 Å². The van der Waals surface area contributed by atoms with Gasteiger partial charge in [0.1, 0.15) is 146 Å². The number of nitrogens with one attached hydrogen (secondary N) is 3. The molecule has 34 heteroatoms. The molecule has 0 unspecified atom stereocenters. The Hall–Kier alpha value is -2.71. The molecule has 6 saturated heterocycles. The fourth-order valence-corrected chi connectivity index (χ4v) is 9.63. The number of aliphatic hydroxyl groups is 17. The number of aliphatic hydroxyl groups excluding tert-OH is 17. The van der Waals surface area contributed by atoms with Gasteiger partial charge in [0.15, 0.2) is 37.7 Å². The second-order valence-electron chi connectivity index (χ2n) is 19.0. The Morgan fingerprint density at radius 1 is 0.342 bits per heavy atom. The SMILES string of the molecule is CC(=O)N[C@@H]1[C@@H](O)[C@H](O[C@@H]2O[C@H](CO[C@@H]3O[C@H](CO)[C@@H](O[C@@H]4O[C@H](CO)[C@H](O)[C@H](O)[C@H]4O)[C@H](O)[C@H]3NC(C)=O)[C@H](O)[C@H](O[C@@H]3O[C@H](CO)[C@@H](O[C@@H]4O[C@H](CO)[C@H](O)[C@H](O)[C@H]4O)[C@H](O)[C@H]3NC(C)=O)[C@H]2O)[C@@H](CO)O[C@H]1O. The van der Waals surface area contributed by atoms with Gasteiger partial charge in [-0.1, -0.05) is 0 Å². The molecule has 6 heterocycles. The maximum Gasteiger partial charge on any atom is 0.217 e. The Bertz CT molecular complexity index is 1870. The molecule has 0 bridgehead atoms. The van der Waals surface area contributed by atoms with Crippen molar-refractivity contribution < 1.29 is 153 Å². The van der Waals surface area contributed by atoms with Crippen molar-refractivity contribution >= 4 is 17.7 Å². The summed E-state index contributed by atoms with van der Waals surface area (Å²) in [6.07, 6.45) is -50.9. The molecule has 30 atom stereocenters. The highest BCUT2D eigenvalue weighted by Gasteiger charge is 2.57. The van der Waals surface area contributed by atoms with Gasteiger partial charge >= 0.3 is 0 Å². The van der Waals surface area contributed by atoms with Crippen molar-refractivity contribution in [1.82, 2.24) is 16.0 Å². The number of carbonyl (C=O) groups excluding carboxylic acids is 3. The van der Waals surface area contributed by atoms with Crippen molar-refractivity contribution in [2.24, 2.45) is 0 Å². The lowest BCUT2D eigenvalue weighted by atomic mass is 9.94. The molecule has 76 heavy (non-hydrogen) atoms. The van der Waals surface area contributed by atoms with E-state index in [1.165, 1.54) is 0 Å². The van der Waals surface area contributed by atoms with Gasteiger partial charge in [0.2, 0.25) is 17.7 Å². The molecule has 3 amide bonds. The first-order chi connectivity index (χ1) is 35.9. The van der Waals surface area contributed by atoms with Crippen LogP contribution in [0, 0.1) is 0 Å². The number of hydrogen-bond donors (Lipinski definition) is 20. The molecule has 0 aromatic rings. The van der Waals surface area contributed by atoms with Gasteiger partial charge in [0, 0.05) is 20.8 Å². The Morgan fingerprint density at radius 3 is 1.09 bits per heavy atom. The maximum atomic E-state index is 12.6. The average molecular weight is 1110 g/mol. The predicted octanol–water partition coefficient (Wildman–Crippen LogP) is -13.7. The molecule has 440 valence electrons. The normalized spacial score (nSPS) is 48.2. The summed E-state index contributed by atoms with van der Waals surface area (Å²) in [5.41, 5.74) is 0. The van der Waals surface area contributed by atoms with Gasteiger partial charge in [0.25, 0.3) is 0 Å². The third-order valence-electron chi connectivity index (χ3n) is 13.6. The van der Waals surface area contributed by atoms with Crippen molar-refractivity contribution in [3.8, 4) is 0 Å². The van der Waals surface area contributed by atoms with Gasteiger partial charge in [-0.05, 0) is 0 Å². The summed E-state index contributed by atoms with van der Waals surface area (Å²) in [4.78, 5) is 37.2. The number of amides is 3. The number of carbonyl (C=O) groups is 3. The van der Waals surface area contributed by atoms with Gasteiger partial charge in [-0.15, -0.1) is 0 Å². The lowest BCUT2D eigenvalue weighted by Crippen LogP contribution is -2.70. The number of ether oxygens (including phenoxy) is 11. The fraction of sp³-hybridized carbons (Fsp3) is 0.929. The van der Waals surface area contributed by atoms with Crippen LogP contribution in [-0.4, -0.2) is 328 Å².